The summed E-state index contributed by atoms with van der Waals surface area (Å²) in [6.07, 6.45) is 1.36. The van der Waals surface area contributed by atoms with Crippen LogP contribution in [0.1, 0.15) is 50.6 Å². The number of phenolic OH excluding ortho intramolecular Hbond substituents is 1. The van der Waals surface area contributed by atoms with Crippen molar-refractivity contribution in [3.05, 3.63) is 111 Å². The molecule has 0 spiro atoms. The van der Waals surface area contributed by atoms with Gasteiger partial charge in [-0.15, -0.1) is 0 Å². The van der Waals surface area contributed by atoms with Gasteiger partial charge in [-0.2, -0.15) is 0 Å². The summed E-state index contributed by atoms with van der Waals surface area (Å²) in [6, 6.07) is 18.7. The quantitative estimate of drug-likeness (QED) is 0.190. The van der Waals surface area contributed by atoms with Crippen LogP contribution in [0, 0.1) is 24.0 Å². The largest absolute Gasteiger partial charge is 0.502 e. The van der Waals surface area contributed by atoms with E-state index in [9.17, 15) is 24.8 Å². The Morgan fingerprint density at radius 3 is 2.32 bits per heavy atom. The van der Waals surface area contributed by atoms with E-state index in [1.807, 2.05) is 24.3 Å². The van der Waals surface area contributed by atoms with Crippen LogP contribution in [0.15, 0.2) is 77.4 Å². The van der Waals surface area contributed by atoms with Gasteiger partial charge in [-0.05, 0) is 73.4 Å². The summed E-state index contributed by atoms with van der Waals surface area (Å²) >= 11 is 0. The van der Waals surface area contributed by atoms with Gasteiger partial charge >= 0.3 is 11.6 Å². The maximum atomic E-state index is 12.7. The lowest BCUT2D eigenvalue weighted by atomic mass is 10.0. The first-order valence-electron chi connectivity index (χ1n) is 11.7. The number of aryl methyl sites for hydroxylation is 2. The predicted octanol–water partition coefficient (Wildman–Crippen LogP) is 5.43. The number of nitro benzene ring substituents is 1. The summed E-state index contributed by atoms with van der Waals surface area (Å²) in [5, 5.41) is 24.0. The van der Waals surface area contributed by atoms with Crippen LogP contribution >= 0.6 is 0 Å². The van der Waals surface area contributed by atoms with E-state index in [0.717, 1.165) is 23.4 Å². The fourth-order valence-corrected chi connectivity index (χ4v) is 3.88. The summed E-state index contributed by atoms with van der Waals surface area (Å²) in [5.41, 5.74) is 9.50. The van der Waals surface area contributed by atoms with E-state index in [1.165, 1.54) is 29.0 Å². The molecule has 1 atom stereocenters. The minimum Gasteiger partial charge on any atom is -0.502 e. The molecule has 10 heteroatoms. The number of carbonyl (C=O) groups is 2. The Morgan fingerprint density at radius 1 is 0.921 bits per heavy atom. The lowest BCUT2D eigenvalue weighted by Gasteiger charge is -2.17. The average molecular weight is 515 g/mol. The van der Waals surface area contributed by atoms with Crippen LogP contribution in [-0.2, 0) is 0 Å². The topological polar surface area (TPSA) is 147 Å². The molecule has 0 bridgehead atoms. The molecule has 0 aliphatic heterocycles. The van der Waals surface area contributed by atoms with Crippen LogP contribution in [-0.4, -0.2) is 21.8 Å². The zero-order valence-corrected chi connectivity index (χ0v) is 20.9. The smallest absolute Gasteiger partial charge is 0.311 e. The van der Waals surface area contributed by atoms with Gasteiger partial charge in [0.15, 0.2) is 5.75 Å². The number of phenols is 1. The van der Waals surface area contributed by atoms with Gasteiger partial charge < -0.3 is 14.8 Å². The molecule has 1 heterocycles. The van der Waals surface area contributed by atoms with E-state index in [-0.39, 0.29) is 17.4 Å². The van der Waals surface area contributed by atoms with Gasteiger partial charge in [0.1, 0.15) is 0 Å². The summed E-state index contributed by atoms with van der Waals surface area (Å²) in [6.45, 7) is 6.25. The number of rotatable bonds is 7. The number of hydrogen-bond donors (Lipinski definition) is 4. The number of anilines is 1. The summed E-state index contributed by atoms with van der Waals surface area (Å²) < 4.78 is 5.36. The molecule has 4 aromatic rings. The molecule has 2 amide bonds. The zero-order chi connectivity index (χ0) is 27.4. The number of hydrogen-bond acceptors (Lipinski definition) is 7. The summed E-state index contributed by atoms with van der Waals surface area (Å²) in [4.78, 5) is 35.2. The van der Waals surface area contributed by atoms with Crippen molar-refractivity contribution in [1.29, 1.82) is 0 Å². The number of amides is 2. The van der Waals surface area contributed by atoms with E-state index in [0.29, 0.717) is 5.56 Å². The third-order valence-electron chi connectivity index (χ3n) is 6.21. The molecule has 0 saturated heterocycles. The number of hydrazine groups is 1. The second-order valence-corrected chi connectivity index (χ2v) is 8.82. The SMILES string of the molecule is Cc1ccc(C(C)Nc2ccc(-c3ccoc3C(=O)NNC(=O)c3ccc(O)c([N+](=O)[O-])c3)cc2)cc1C. The fourth-order valence-electron chi connectivity index (χ4n) is 3.88. The van der Waals surface area contributed by atoms with Crippen molar-refractivity contribution in [2.24, 2.45) is 0 Å². The van der Waals surface area contributed by atoms with Crippen molar-refractivity contribution in [3.63, 3.8) is 0 Å². The van der Waals surface area contributed by atoms with Crippen molar-refractivity contribution in [1.82, 2.24) is 10.9 Å². The number of benzene rings is 3. The lowest BCUT2D eigenvalue weighted by Crippen LogP contribution is -2.41. The molecule has 194 valence electrons. The van der Waals surface area contributed by atoms with Crippen molar-refractivity contribution < 1.29 is 24.0 Å². The Labute approximate surface area is 218 Å². The Kier molecular flexibility index (Phi) is 7.43. The van der Waals surface area contributed by atoms with Gasteiger partial charge in [-0.3, -0.25) is 30.6 Å². The van der Waals surface area contributed by atoms with Gasteiger partial charge in [0.05, 0.1) is 11.2 Å². The maximum absolute atomic E-state index is 12.7. The van der Waals surface area contributed by atoms with Gasteiger partial charge in [0.25, 0.3) is 5.91 Å². The molecule has 0 aliphatic carbocycles. The van der Waals surface area contributed by atoms with Crippen molar-refractivity contribution >= 4 is 23.2 Å². The lowest BCUT2D eigenvalue weighted by molar-refractivity contribution is -0.385. The fraction of sp³-hybridized carbons (Fsp3) is 0.143. The highest BCUT2D eigenvalue weighted by Gasteiger charge is 2.20. The van der Waals surface area contributed by atoms with Gasteiger partial charge in [0, 0.05) is 28.9 Å². The molecule has 0 fully saturated rings. The highest BCUT2D eigenvalue weighted by atomic mass is 16.6. The molecule has 0 saturated carbocycles. The van der Waals surface area contributed by atoms with E-state index < -0.39 is 28.2 Å². The summed E-state index contributed by atoms with van der Waals surface area (Å²) in [7, 11) is 0. The van der Waals surface area contributed by atoms with Crippen LogP contribution in [0.3, 0.4) is 0 Å². The number of nitro groups is 1. The molecule has 4 rings (SSSR count). The first-order chi connectivity index (χ1) is 18.1. The number of nitrogens with zero attached hydrogens (tertiary/aromatic N) is 1. The minimum atomic E-state index is -0.815. The minimum absolute atomic E-state index is 0.0220. The molecule has 38 heavy (non-hydrogen) atoms. The molecular formula is C28H26N4O6. The Bertz CT molecular complexity index is 1510. The number of aromatic hydroxyl groups is 1. The highest BCUT2D eigenvalue weighted by molar-refractivity contribution is 6.01. The van der Waals surface area contributed by atoms with Crippen LogP contribution in [0.5, 0.6) is 5.75 Å². The second-order valence-electron chi connectivity index (χ2n) is 8.82. The number of nitrogens with one attached hydrogen (secondary N) is 3. The Morgan fingerprint density at radius 2 is 1.63 bits per heavy atom. The van der Waals surface area contributed by atoms with Crippen LogP contribution in [0.2, 0.25) is 0 Å². The van der Waals surface area contributed by atoms with Crippen LogP contribution in [0.25, 0.3) is 11.1 Å². The molecule has 1 aromatic heterocycles. The highest BCUT2D eigenvalue weighted by Crippen LogP contribution is 2.28. The van der Waals surface area contributed by atoms with Gasteiger partial charge in [-0.25, -0.2) is 0 Å². The first-order valence-corrected chi connectivity index (χ1v) is 11.7. The Balaban J connectivity index is 1.41. The van der Waals surface area contributed by atoms with Crippen LogP contribution in [0.4, 0.5) is 11.4 Å². The average Bonchev–Trinajstić information content (AvgIpc) is 3.39. The molecule has 10 nitrogen and oxygen atoms in total. The van der Waals surface area contributed by atoms with Gasteiger partial charge in [0.2, 0.25) is 5.76 Å². The van der Waals surface area contributed by atoms with E-state index in [4.69, 9.17) is 4.42 Å². The Hall–Kier alpha value is -5.12. The molecular weight excluding hydrogens is 488 g/mol. The van der Waals surface area contributed by atoms with E-state index in [2.05, 4.69) is 55.1 Å². The van der Waals surface area contributed by atoms with E-state index >= 15 is 0 Å². The van der Waals surface area contributed by atoms with E-state index in [1.54, 1.807) is 6.07 Å². The second kappa shape index (κ2) is 10.9. The third-order valence-corrected chi connectivity index (χ3v) is 6.21. The number of furan rings is 1. The van der Waals surface area contributed by atoms with Crippen molar-refractivity contribution in [3.8, 4) is 16.9 Å². The van der Waals surface area contributed by atoms with Gasteiger partial charge in [-0.1, -0.05) is 30.3 Å². The molecule has 4 N–H and O–H groups in total. The normalized spacial score (nSPS) is 11.4. The predicted molar refractivity (Wildman–Crippen MR) is 142 cm³/mol. The standard InChI is InChI=1S/C28H26N4O6/c1-16-4-5-20(14-17(16)2)18(3)29-22-9-6-19(7-10-22)23-12-13-38-26(23)28(35)31-30-27(34)21-8-11-25(33)24(15-21)32(36)37/h4-15,18,29,33H,1-3H3,(H,30,34)(H,31,35). The monoisotopic (exact) mass is 514 g/mol. The van der Waals surface area contributed by atoms with Crippen molar-refractivity contribution in [2.45, 2.75) is 26.8 Å². The molecule has 3 aromatic carbocycles. The van der Waals surface area contributed by atoms with Crippen molar-refractivity contribution in [2.75, 3.05) is 5.32 Å². The molecule has 0 radical (unpaired) electrons. The molecule has 1 unspecified atom stereocenters. The zero-order valence-electron chi connectivity index (χ0n) is 20.9. The molecule has 0 aliphatic rings. The summed E-state index contributed by atoms with van der Waals surface area (Å²) in [5.74, 6) is -2.11. The maximum Gasteiger partial charge on any atom is 0.311 e. The first kappa shape index (κ1) is 26.0. The number of carbonyl (C=O) groups excluding carboxylic acids is 2. The van der Waals surface area contributed by atoms with Crippen LogP contribution < -0.4 is 16.2 Å². The third kappa shape index (κ3) is 5.65.